The summed E-state index contributed by atoms with van der Waals surface area (Å²) in [6.45, 7) is 1.87. The molecule has 15 heavy (non-hydrogen) atoms. The summed E-state index contributed by atoms with van der Waals surface area (Å²) < 4.78 is 0. The van der Waals surface area contributed by atoms with Crippen LogP contribution in [0.4, 0.5) is 5.82 Å². The molecule has 76 valence electrons. The topological polar surface area (TPSA) is 84.7 Å². The summed E-state index contributed by atoms with van der Waals surface area (Å²) >= 11 is 0. The van der Waals surface area contributed by atoms with Crippen molar-refractivity contribution in [2.24, 2.45) is 0 Å². The van der Waals surface area contributed by atoms with Gasteiger partial charge >= 0.3 is 5.82 Å². The van der Waals surface area contributed by atoms with Gasteiger partial charge in [0.2, 0.25) is 0 Å². The van der Waals surface area contributed by atoms with Crippen LogP contribution in [0.5, 0.6) is 0 Å². The smallest absolute Gasteiger partial charge is 0.358 e. The maximum atomic E-state index is 10.7. The SMILES string of the molecule is Cc1ccccc1-c1nn[nH]c1[N+](=O)[O-]. The highest BCUT2D eigenvalue weighted by atomic mass is 16.6. The second-order valence-corrected chi connectivity index (χ2v) is 3.08. The third-order valence-corrected chi connectivity index (χ3v) is 2.11. The molecule has 1 N–H and O–H groups in total. The van der Waals surface area contributed by atoms with Gasteiger partial charge in [0.15, 0.2) is 5.69 Å². The van der Waals surface area contributed by atoms with Gasteiger partial charge in [-0.25, -0.2) is 0 Å². The minimum atomic E-state index is -0.526. The molecule has 0 aliphatic rings. The van der Waals surface area contributed by atoms with Crippen LogP contribution in [-0.2, 0) is 0 Å². The van der Waals surface area contributed by atoms with Gasteiger partial charge in [0.25, 0.3) is 0 Å². The molecule has 0 spiro atoms. The van der Waals surface area contributed by atoms with Crippen LogP contribution in [0.1, 0.15) is 5.56 Å². The molecule has 0 saturated heterocycles. The molecule has 2 aromatic rings. The predicted octanol–water partition coefficient (Wildman–Crippen LogP) is 1.69. The van der Waals surface area contributed by atoms with Gasteiger partial charge in [-0.05, 0) is 17.4 Å². The van der Waals surface area contributed by atoms with E-state index in [1.807, 2.05) is 19.1 Å². The van der Waals surface area contributed by atoms with Gasteiger partial charge in [0.05, 0.1) is 0 Å². The number of aryl methyl sites for hydroxylation is 1. The van der Waals surface area contributed by atoms with E-state index in [0.717, 1.165) is 11.1 Å². The minimum absolute atomic E-state index is 0.177. The molecule has 0 saturated carbocycles. The largest absolute Gasteiger partial charge is 0.370 e. The van der Waals surface area contributed by atoms with E-state index in [9.17, 15) is 10.1 Å². The third-order valence-electron chi connectivity index (χ3n) is 2.11. The van der Waals surface area contributed by atoms with Gasteiger partial charge in [0, 0.05) is 10.8 Å². The van der Waals surface area contributed by atoms with Crippen LogP contribution < -0.4 is 0 Å². The van der Waals surface area contributed by atoms with Crippen molar-refractivity contribution in [3.8, 4) is 11.3 Å². The molecule has 1 aromatic heterocycles. The second-order valence-electron chi connectivity index (χ2n) is 3.08. The van der Waals surface area contributed by atoms with E-state index >= 15 is 0 Å². The number of aromatic amines is 1. The van der Waals surface area contributed by atoms with Crippen molar-refractivity contribution in [1.82, 2.24) is 15.4 Å². The van der Waals surface area contributed by atoms with Crippen molar-refractivity contribution in [1.29, 1.82) is 0 Å². The van der Waals surface area contributed by atoms with Gasteiger partial charge in [-0.3, -0.25) is 0 Å². The van der Waals surface area contributed by atoms with Crippen LogP contribution in [0.2, 0.25) is 0 Å². The molecule has 0 unspecified atom stereocenters. The molecule has 2 rings (SSSR count). The van der Waals surface area contributed by atoms with Crippen molar-refractivity contribution in [3.05, 3.63) is 39.9 Å². The van der Waals surface area contributed by atoms with Crippen LogP contribution in [0.3, 0.4) is 0 Å². The van der Waals surface area contributed by atoms with Crippen molar-refractivity contribution >= 4 is 5.82 Å². The molecule has 1 heterocycles. The molecular formula is C9H8N4O2. The fraction of sp³-hybridized carbons (Fsp3) is 0.111. The lowest BCUT2D eigenvalue weighted by Gasteiger charge is -2.00. The molecule has 0 aliphatic heterocycles. The van der Waals surface area contributed by atoms with Gasteiger partial charge in [-0.2, -0.15) is 0 Å². The van der Waals surface area contributed by atoms with Crippen LogP contribution in [0.25, 0.3) is 11.3 Å². The zero-order valence-corrected chi connectivity index (χ0v) is 7.97. The number of hydrogen-bond acceptors (Lipinski definition) is 4. The van der Waals surface area contributed by atoms with Crippen LogP contribution >= 0.6 is 0 Å². The summed E-state index contributed by atoms with van der Waals surface area (Å²) in [5.41, 5.74) is 1.92. The summed E-state index contributed by atoms with van der Waals surface area (Å²) in [6, 6.07) is 7.32. The van der Waals surface area contributed by atoms with Gasteiger partial charge in [0.1, 0.15) is 0 Å². The van der Waals surface area contributed by atoms with Gasteiger partial charge in [-0.1, -0.05) is 24.3 Å². The second kappa shape index (κ2) is 3.49. The first kappa shape index (κ1) is 9.32. The lowest BCUT2D eigenvalue weighted by Crippen LogP contribution is -1.92. The fourth-order valence-corrected chi connectivity index (χ4v) is 1.37. The Labute approximate surface area is 85.1 Å². The Bertz CT molecular complexity index is 506. The summed E-state index contributed by atoms with van der Waals surface area (Å²) in [5.74, 6) is -0.177. The first-order chi connectivity index (χ1) is 7.20. The maximum Gasteiger partial charge on any atom is 0.370 e. The number of hydrogen-bond donors (Lipinski definition) is 1. The Morgan fingerprint density at radius 2 is 2.13 bits per heavy atom. The zero-order chi connectivity index (χ0) is 10.8. The lowest BCUT2D eigenvalue weighted by atomic mass is 10.1. The number of rotatable bonds is 2. The van der Waals surface area contributed by atoms with Crippen molar-refractivity contribution in [2.45, 2.75) is 6.92 Å². The van der Waals surface area contributed by atoms with E-state index in [0.29, 0.717) is 0 Å². The van der Waals surface area contributed by atoms with E-state index < -0.39 is 4.92 Å². The quantitative estimate of drug-likeness (QED) is 0.595. The number of nitrogens with one attached hydrogen (secondary N) is 1. The van der Waals surface area contributed by atoms with E-state index in [1.54, 1.807) is 12.1 Å². The van der Waals surface area contributed by atoms with E-state index in [2.05, 4.69) is 15.4 Å². The molecule has 0 bridgehead atoms. The Morgan fingerprint density at radius 3 is 2.80 bits per heavy atom. The molecular weight excluding hydrogens is 196 g/mol. The van der Waals surface area contributed by atoms with Crippen LogP contribution in [0.15, 0.2) is 24.3 Å². The molecule has 0 fully saturated rings. The van der Waals surface area contributed by atoms with Crippen molar-refractivity contribution in [3.63, 3.8) is 0 Å². The summed E-state index contributed by atoms with van der Waals surface area (Å²) in [6.07, 6.45) is 0. The average Bonchev–Trinajstić information content (AvgIpc) is 2.67. The monoisotopic (exact) mass is 204 g/mol. The van der Waals surface area contributed by atoms with Gasteiger partial charge in [-0.15, -0.1) is 10.2 Å². The number of nitro groups is 1. The number of nitrogens with zero attached hydrogens (tertiary/aromatic N) is 3. The molecule has 1 aromatic carbocycles. The summed E-state index contributed by atoms with van der Waals surface area (Å²) in [7, 11) is 0. The molecule has 0 aliphatic carbocycles. The van der Waals surface area contributed by atoms with E-state index in [-0.39, 0.29) is 11.5 Å². The molecule has 6 nitrogen and oxygen atoms in total. The molecule has 0 atom stereocenters. The number of benzene rings is 1. The highest BCUT2D eigenvalue weighted by Gasteiger charge is 2.19. The number of H-pyrrole nitrogens is 1. The maximum absolute atomic E-state index is 10.7. The van der Waals surface area contributed by atoms with E-state index in [4.69, 9.17) is 0 Å². The highest BCUT2D eigenvalue weighted by molar-refractivity contribution is 5.69. The summed E-state index contributed by atoms with van der Waals surface area (Å²) in [5, 5.41) is 20.1. The van der Waals surface area contributed by atoms with E-state index in [1.165, 1.54) is 0 Å². The first-order valence-electron chi connectivity index (χ1n) is 4.31. The molecule has 0 amide bonds. The van der Waals surface area contributed by atoms with Crippen LogP contribution in [0, 0.1) is 17.0 Å². The van der Waals surface area contributed by atoms with Crippen molar-refractivity contribution < 1.29 is 4.92 Å². The standard InChI is InChI=1S/C9H8N4O2/c1-6-4-2-3-5-7(6)8-9(13(14)15)11-12-10-8/h2-5H,1H3,(H,10,11,12). The molecule has 6 heteroatoms. The third kappa shape index (κ3) is 1.56. The highest BCUT2D eigenvalue weighted by Crippen LogP contribution is 2.27. The zero-order valence-electron chi connectivity index (χ0n) is 7.97. The summed E-state index contributed by atoms with van der Waals surface area (Å²) in [4.78, 5) is 10.1. The fourth-order valence-electron chi connectivity index (χ4n) is 1.37. The lowest BCUT2D eigenvalue weighted by molar-refractivity contribution is -0.388. The van der Waals surface area contributed by atoms with Gasteiger partial charge < -0.3 is 10.1 Å². The minimum Gasteiger partial charge on any atom is -0.358 e. The average molecular weight is 204 g/mol. The Morgan fingerprint density at radius 1 is 1.40 bits per heavy atom. The van der Waals surface area contributed by atoms with Crippen molar-refractivity contribution in [2.75, 3.05) is 0 Å². The Hall–Kier alpha value is -2.24. The number of aromatic nitrogens is 3. The van der Waals surface area contributed by atoms with Crippen LogP contribution in [-0.4, -0.2) is 20.3 Å². The molecule has 0 radical (unpaired) electrons. The predicted molar refractivity (Wildman–Crippen MR) is 53.2 cm³/mol. The first-order valence-corrected chi connectivity index (χ1v) is 4.31. The Kier molecular flexibility index (Phi) is 2.17. The normalized spacial score (nSPS) is 10.2. The Balaban J connectivity index is 2.59.